The first-order chi connectivity index (χ1) is 7.34. The Morgan fingerprint density at radius 1 is 1.56 bits per heavy atom. The standard InChI is InChI=1S/C9H19N3O3S/c1-8-4-3-5-12(6-8)16(14,15)11(2)7-9(10)13/h8H,3-7H2,1-2H3,(H2,10,13)/t8-/m1/s1. The average Bonchev–Trinajstić information content (AvgIpc) is 2.16. The van der Waals surface area contributed by atoms with E-state index in [0.29, 0.717) is 19.0 Å². The lowest BCUT2D eigenvalue weighted by Gasteiger charge is -2.32. The molecule has 1 heterocycles. The maximum absolute atomic E-state index is 12.0. The Morgan fingerprint density at radius 3 is 2.69 bits per heavy atom. The summed E-state index contributed by atoms with van der Waals surface area (Å²) in [5.41, 5.74) is 4.98. The second kappa shape index (κ2) is 5.11. The summed E-state index contributed by atoms with van der Waals surface area (Å²) in [5, 5.41) is 0. The summed E-state index contributed by atoms with van der Waals surface area (Å²) in [6.45, 7) is 2.80. The van der Waals surface area contributed by atoms with Crippen LogP contribution < -0.4 is 5.73 Å². The van der Waals surface area contributed by atoms with Crippen LogP contribution in [0, 0.1) is 5.92 Å². The van der Waals surface area contributed by atoms with E-state index in [-0.39, 0.29) is 6.54 Å². The fourth-order valence-electron chi connectivity index (χ4n) is 1.85. The minimum absolute atomic E-state index is 0.271. The van der Waals surface area contributed by atoms with Crippen molar-refractivity contribution < 1.29 is 13.2 Å². The Labute approximate surface area is 96.6 Å². The van der Waals surface area contributed by atoms with Gasteiger partial charge in [-0.1, -0.05) is 6.92 Å². The van der Waals surface area contributed by atoms with Gasteiger partial charge in [0.15, 0.2) is 0 Å². The summed E-state index contributed by atoms with van der Waals surface area (Å²) in [4.78, 5) is 10.7. The number of nitrogens with zero attached hydrogens (tertiary/aromatic N) is 2. The smallest absolute Gasteiger partial charge is 0.282 e. The summed E-state index contributed by atoms with van der Waals surface area (Å²) in [7, 11) is -2.15. The van der Waals surface area contributed by atoms with Gasteiger partial charge in [0.25, 0.3) is 10.2 Å². The average molecular weight is 249 g/mol. The number of likely N-dealkylation sites (N-methyl/N-ethyl adjacent to an activating group) is 1. The fourth-order valence-corrected chi connectivity index (χ4v) is 3.34. The number of rotatable bonds is 4. The summed E-state index contributed by atoms with van der Waals surface area (Å²) in [6.07, 6.45) is 1.91. The Kier molecular flexibility index (Phi) is 4.28. The van der Waals surface area contributed by atoms with E-state index in [1.165, 1.54) is 11.4 Å². The number of hydrogen-bond acceptors (Lipinski definition) is 3. The molecule has 1 atom stereocenters. The molecule has 0 aromatic rings. The van der Waals surface area contributed by atoms with E-state index in [1.54, 1.807) is 0 Å². The SMILES string of the molecule is C[C@@H]1CCCN(S(=O)(=O)N(C)CC(N)=O)C1. The molecule has 0 spiro atoms. The second-order valence-electron chi connectivity index (χ2n) is 4.34. The van der Waals surface area contributed by atoms with Crippen molar-refractivity contribution in [2.45, 2.75) is 19.8 Å². The van der Waals surface area contributed by atoms with Crippen LogP contribution in [0.5, 0.6) is 0 Å². The van der Waals surface area contributed by atoms with Gasteiger partial charge in [-0.2, -0.15) is 17.0 Å². The lowest BCUT2D eigenvalue weighted by atomic mass is 10.0. The molecule has 2 N–H and O–H groups in total. The van der Waals surface area contributed by atoms with Crippen molar-refractivity contribution in [3.63, 3.8) is 0 Å². The van der Waals surface area contributed by atoms with E-state index < -0.39 is 16.1 Å². The van der Waals surface area contributed by atoms with Gasteiger partial charge in [0.05, 0.1) is 6.54 Å². The van der Waals surface area contributed by atoms with Gasteiger partial charge in [-0.05, 0) is 18.8 Å². The lowest BCUT2D eigenvalue weighted by Crippen LogP contribution is -2.48. The topological polar surface area (TPSA) is 83.7 Å². The van der Waals surface area contributed by atoms with Crippen LogP contribution in [0.1, 0.15) is 19.8 Å². The van der Waals surface area contributed by atoms with Gasteiger partial charge >= 0.3 is 0 Å². The molecule has 1 amide bonds. The van der Waals surface area contributed by atoms with E-state index in [9.17, 15) is 13.2 Å². The zero-order chi connectivity index (χ0) is 12.3. The third kappa shape index (κ3) is 3.16. The summed E-state index contributed by atoms with van der Waals surface area (Å²) in [6, 6.07) is 0. The Bertz CT molecular complexity index is 355. The molecular formula is C9H19N3O3S. The molecule has 94 valence electrons. The molecule has 1 rings (SSSR count). The van der Waals surface area contributed by atoms with Gasteiger partial charge < -0.3 is 5.73 Å². The summed E-state index contributed by atoms with van der Waals surface area (Å²) >= 11 is 0. The van der Waals surface area contributed by atoms with Crippen LogP contribution in [0.15, 0.2) is 0 Å². The molecule has 0 aromatic carbocycles. The monoisotopic (exact) mass is 249 g/mol. The molecule has 16 heavy (non-hydrogen) atoms. The van der Waals surface area contributed by atoms with E-state index in [1.807, 2.05) is 6.92 Å². The first kappa shape index (κ1) is 13.4. The molecule has 0 saturated carbocycles. The van der Waals surface area contributed by atoms with Crippen LogP contribution >= 0.6 is 0 Å². The predicted octanol–water partition coefficient (Wildman–Crippen LogP) is -0.620. The molecular weight excluding hydrogens is 230 g/mol. The zero-order valence-corrected chi connectivity index (χ0v) is 10.5. The summed E-state index contributed by atoms with van der Waals surface area (Å²) < 4.78 is 26.4. The first-order valence-corrected chi connectivity index (χ1v) is 6.73. The number of amides is 1. The molecule has 0 radical (unpaired) electrons. The van der Waals surface area contributed by atoms with Crippen molar-refractivity contribution in [3.05, 3.63) is 0 Å². The lowest BCUT2D eigenvalue weighted by molar-refractivity contribution is -0.118. The van der Waals surface area contributed by atoms with E-state index in [0.717, 1.165) is 17.1 Å². The number of carbonyl (C=O) groups excluding carboxylic acids is 1. The number of piperidine rings is 1. The van der Waals surface area contributed by atoms with Gasteiger partial charge in [0.2, 0.25) is 5.91 Å². The molecule has 0 aliphatic carbocycles. The predicted molar refractivity (Wildman–Crippen MR) is 60.7 cm³/mol. The van der Waals surface area contributed by atoms with E-state index >= 15 is 0 Å². The molecule has 6 nitrogen and oxygen atoms in total. The van der Waals surface area contributed by atoms with Gasteiger partial charge in [-0.25, -0.2) is 0 Å². The maximum atomic E-state index is 12.0. The van der Waals surface area contributed by atoms with Crippen LogP contribution in [0.3, 0.4) is 0 Å². The largest absolute Gasteiger partial charge is 0.369 e. The van der Waals surface area contributed by atoms with E-state index in [4.69, 9.17) is 5.73 Å². The highest BCUT2D eigenvalue weighted by atomic mass is 32.2. The third-order valence-electron chi connectivity index (χ3n) is 2.72. The molecule has 1 aliphatic rings. The Balaban J connectivity index is 2.72. The number of hydrogen-bond donors (Lipinski definition) is 1. The highest BCUT2D eigenvalue weighted by Gasteiger charge is 2.30. The highest BCUT2D eigenvalue weighted by Crippen LogP contribution is 2.19. The van der Waals surface area contributed by atoms with Crippen molar-refractivity contribution in [1.29, 1.82) is 0 Å². The van der Waals surface area contributed by atoms with Gasteiger partial charge in [0, 0.05) is 20.1 Å². The van der Waals surface area contributed by atoms with Crippen LogP contribution in [-0.2, 0) is 15.0 Å². The first-order valence-electron chi connectivity index (χ1n) is 5.33. The van der Waals surface area contributed by atoms with Crippen LogP contribution in [0.2, 0.25) is 0 Å². The Morgan fingerprint density at radius 2 is 2.19 bits per heavy atom. The summed E-state index contributed by atoms with van der Waals surface area (Å²) in [5.74, 6) is -0.276. The van der Waals surface area contributed by atoms with E-state index in [2.05, 4.69) is 0 Å². The van der Waals surface area contributed by atoms with Crippen molar-refractivity contribution in [2.75, 3.05) is 26.7 Å². The second-order valence-corrected chi connectivity index (χ2v) is 6.37. The van der Waals surface area contributed by atoms with Gasteiger partial charge in [-0.15, -0.1) is 0 Å². The number of primary amides is 1. The molecule has 0 unspecified atom stereocenters. The van der Waals surface area contributed by atoms with Crippen LogP contribution in [0.4, 0.5) is 0 Å². The molecule has 1 saturated heterocycles. The number of carbonyl (C=O) groups is 1. The van der Waals surface area contributed by atoms with Crippen LogP contribution in [0.25, 0.3) is 0 Å². The van der Waals surface area contributed by atoms with Gasteiger partial charge in [-0.3, -0.25) is 4.79 Å². The molecule has 0 aromatic heterocycles. The molecule has 1 fully saturated rings. The maximum Gasteiger partial charge on any atom is 0.282 e. The molecule has 7 heteroatoms. The Hall–Kier alpha value is -0.660. The van der Waals surface area contributed by atoms with Crippen molar-refractivity contribution >= 4 is 16.1 Å². The minimum Gasteiger partial charge on any atom is -0.369 e. The molecule has 1 aliphatic heterocycles. The highest BCUT2D eigenvalue weighted by molar-refractivity contribution is 7.86. The fraction of sp³-hybridized carbons (Fsp3) is 0.889. The number of nitrogens with two attached hydrogens (primary N) is 1. The quantitative estimate of drug-likeness (QED) is 0.720. The van der Waals surface area contributed by atoms with Crippen molar-refractivity contribution in [2.24, 2.45) is 11.7 Å². The van der Waals surface area contributed by atoms with Crippen molar-refractivity contribution in [3.8, 4) is 0 Å². The van der Waals surface area contributed by atoms with Gasteiger partial charge in [0.1, 0.15) is 0 Å². The minimum atomic E-state index is -3.52. The molecule has 0 bridgehead atoms. The van der Waals surface area contributed by atoms with Crippen LogP contribution in [-0.4, -0.2) is 49.6 Å². The normalized spacial score (nSPS) is 23.6. The van der Waals surface area contributed by atoms with Crippen molar-refractivity contribution in [1.82, 2.24) is 8.61 Å². The zero-order valence-electron chi connectivity index (χ0n) is 9.72. The third-order valence-corrected chi connectivity index (χ3v) is 4.62.